The first-order valence-corrected chi connectivity index (χ1v) is 8.11. The highest BCUT2D eigenvalue weighted by molar-refractivity contribution is 7.85. The van der Waals surface area contributed by atoms with Gasteiger partial charge in [0.1, 0.15) is 16.8 Å². The zero-order valence-electron chi connectivity index (χ0n) is 10.8. The number of nitrogens with zero attached hydrogens (tertiary/aromatic N) is 3. The van der Waals surface area contributed by atoms with Crippen molar-refractivity contribution >= 4 is 28.2 Å². The molecule has 0 saturated carbocycles. The Labute approximate surface area is 115 Å². The summed E-state index contributed by atoms with van der Waals surface area (Å²) in [6.07, 6.45) is 1.84. The third-order valence-corrected chi connectivity index (χ3v) is 4.70. The van der Waals surface area contributed by atoms with Crippen LogP contribution in [0.2, 0.25) is 5.15 Å². The number of hydrogen-bond donors (Lipinski definition) is 0. The van der Waals surface area contributed by atoms with E-state index in [0.29, 0.717) is 16.7 Å². The summed E-state index contributed by atoms with van der Waals surface area (Å²) in [6.45, 7) is 5.61. The predicted molar refractivity (Wildman–Crippen MR) is 75.9 cm³/mol. The summed E-state index contributed by atoms with van der Waals surface area (Å²) >= 11 is 6.16. The van der Waals surface area contributed by atoms with E-state index in [0.717, 1.165) is 43.1 Å². The van der Waals surface area contributed by atoms with Crippen LogP contribution in [0.25, 0.3) is 0 Å². The summed E-state index contributed by atoms with van der Waals surface area (Å²) < 4.78 is 11.4. The maximum atomic E-state index is 11.4. The zero-order chi connectivity index (χ0) is 13.1. The highest BCUT2D eigenvalue weighted by Crippen LogP contribution is 2.24. The highest BCUT2D eigenvalue weighted by Gasteiger charge is 2.20. The number of rotatable bonds is 3. The normalized spacial score (nSPS) is 17.2. The molecule has 1 aromatic rings. The Morgan fingerprint density at radius 1 is 1.33 bits per heavy atom. The van der Waals surface area contributed by atoms with Gasteiger partial charge in [-0.05, 0) is 13.3 Å². The first kappa shape index (κ1) is 13.7. The fourth-order valence-electron chi connectivity index (χ4n) is 2.01. The van der Waals surface area contributed by atoms with Gasteiger partial charge < -0.3 is 4.90 Å². The van der Waals surface area contributed by atoms with Crippen LogP contribution in [-0.4, -0.2) is 38.8 Å². The molecule has 0 aromatic carbocycles. The average Bonchev–Trinajstić information content (AvgIpc) is 2.35. The molecule has 0 aliphatic carbocycles. The molecule has 2 heterocycles. The fraction of sp³-hybridized carbons (Fsp3) is 0.667. The Balaban J connectivity index is 2.28. The maximum Gasteiger partial charge on any atom is 0.137 e. The van der Waals surface area contributed by atoms with Crippen molar-refractivity contribution < 1.29 is 4.21 Å². The summed E-state index contributed by atoms with van der Waals surface area (Å²) in [5.74, 6) is 3.14. The quantitative estimate of drug-likeness (QED) is 0.798. The van der Waals surface area contributed by atoms with Crippen LogP contribution in [0, 0.1) is 6.92 Å². The van der Waals surface area contributed by atoms with Crippen LogP contribution in [0.15, 0.2) is 0 Å². The fourth-order valence-corrected chi connectivity index (χ4v) is 3.25. The van der Waals surface area contributed by atoms with Gasteiger partial charge >= 0.3 is 0 Å². The molecule has 0 bridgehead atoms. The van der Waals surface area contributed by atoms with E-state index in [-0.39, 0.29) is 0 Å². The second kappa shape index (κ2) is 5.97. The molecule has 1 aromatic heterocycles. The van der Waals surface area contributed by atoms with Crippen molar-refractivity contribution in [3.8, 4) is 0 Å². The van der Waals surface area contributed by atoms with Gasteiger partial charge in [0.25, 0.3) is 0 Å². The Morgan fingerprint density at radius 3 is 2.61 bits per heavy atom. The highest BCUT2D eigenvalue weighted by atomic mass is 35.5. The van der Waals surface area contributed by atoms with E-state index >= 15 is 0 Å². The maximum absolute atomic E-state index is 11.4. The van der Waals surface area contributed by atoms with Gasteiger partial charge in [-0.1, -0.05) is 18.5 Å². The Hall–Kier alpha value is -0.680. The standard InChI is InChI=1S/C12H18ClN3OS/c1-3-4-10-14-11(13)9(2)12(15-10)16-5-7-18(17)8-6-16/h3-8H2,1-2H3. The minimum atomic E-state index is -0.673. The summed E-state index contributed by atoms with van der Waals surface area (Å²) in [7, 11) is -0.673. The lowest BCUT2D eigenvalue weighted by Gasteiger charge is -2.29. The van der Waals surface area contributed by atoms with Crippen molar-refractivity contribution in [1.82, 2.24) is 9.97 Å². The second-order valence-electron chi connectivity index (χ2n) is 4.46. The van der Waals surface area contributed by atoms with Gasteiger partial charge in [0.2, 0.25) is 0 Å². The van der Waals surface area contributed by atoms with Gasteiger partial charge in [0.15, 0.2) is 0 Å². The average molecular weight is 288 g/mol. The Morgan fingerprint density at radius 2 is 2.00 bits per heavy atom. The van der Waals surface area contributed by atoms with E-state index in [2.05, 4.69) is 21.8 Å². The van der Waals surface area contributed by atoms with Crippen molar-refractivity contribution in [3.05, 3.63) is 16.5 Å². The van der Waals surface area contributed by atoms with Crippen LogP contribution in [0.5, 0.6) is 0 Å². The number of aromatic nitrogens is 2. The SMILES string of the molecule is CCCc1nc(Cl)c(C)c(N2CCS(=O)CC2)n1. The summed E-state index contributed by atoms with van der Waals surface area (Å²) in [5, 5.41) is 0.537. The lowest BCUT2D eigenvalue weighted by Crippen LogP contribution is -2.38. The largest absolute Gasteiger partial charge is 0.354 e. The topological polar surface area (TPSA) is 46.1 Å². The molecular weight excluding hydrogens is 270 g/mol. The van der Waals surface area contributed by atoms with Crippen LogP contribution in [0.1, 0.15) is 24.7 Å². The van der Waals surface area contributed by atoms with E-state index in [9.17, 15) is 4.21 Å². The lowest BCUT2D eigenvalue weighted by atomic mass is 10.2. The third-order valence-electron chi connectivity index (χ3n) is 3.06. The third kappa shape index (κ3) is 3.01. The molecule has 0 amide bonds. The van der Waals surface area contributed by atoms with Crippen molar-refractivity contribution in [1.29, 1.82) is 0 Å². The van der Waals surface area contributed by atoms with Crippen LogP contribution < -0.4 is 4.90 Å². The molecule has 4 nitrogen and oxygen atoms in total. The number of anilines is 1. The van der Waals surface area contributed by atoms with E-state index < -0.39 is 10.8 Å². The molecule has 100 valence electrons. The summed E-state index contributed by atoms with van der Waals surface area (Å²) in [5.41, 5.74) is 0.921. The van der Waals surface area contributed by atoms with E-state index in [1.54, 1.807) is 0 Å². The smallest absolute Gasteiger partial charge is 0.137 e. The molecule has 18 heavy (non-hydrogen) atoms. The van der Waals surface area contributed by atoms with Gasteiger partial charge in [0, 0.05) is 47.4 Å². The molecule has 0 spiro atoms. The van der Waals surface area contributed by atoms with Crippen LogP contribution in [0.4, 0.5) is 5.82 Å². The molecule has 1 saturated heterocycles. The number of aryl methyl sites for hydroxylation is 1. The molecule has 0 N–H and O–H groups in total. The Bertz CT molecular complexity index is 457. The molecule has 0 unspecified atom stereocenters. The van der Waals surface area contributed by atoms with Gasteiger partial charge in [-0.25, -0.2) is 9.97 Å². The first-order chi connectivity index (χ1) is 8.61. The number of halogens is 1. The molecule has 0 radical (unpaired) electrons. The van der Waals surface area contributed by atoms with E-state index in [4.69, 9.17) is 11.6 Å². The molecule has 1 aliphatic heterocycles. The summed E-state index contributed by atoms with van der Waals surface area (Å²) in [6, 6.07) is 0. The molecule has 1 fully saturated rings. The molecule has 2 rings (SSSR count). The van der Waals surface area contributed by atoms with Crippen molar-refractivity contribution in [2.75, 3.05) is 29.5 Å². The van der Waals surface area contributed by atoms with E-state index in [1.165, 1.54) is 0 Å². The van der Waals surface area contributed by atoms with E-state index in [1.807, 2.05) is 6.92 Å². The van der Waals surface area contributed by atoms with Crippen molar-refractivity contribution in [2.24, 2.45) is 0 Å². The van der Waals surface area contributed by atoms with Gasteiger partial charge in [-0.3, -0.25) is 4.21 Å². The van der Waals surface area contributed by atoms with Crippen LogP contribution >= 0.6 is 11.6 Å². The Kier molecular flexibility index (Phi) is 4.56. The van der Waals surface area contributed by atoms with Crippen molar-refractivity contribution in [3.63, 3.8) is 0 Å². The monoisotopic (exact) mass is 287 g/mol. The molecule has 0 atom stereocenters. The van der Waals surface area contributed by atoms with Gasteiger partial charge in [0.05, 0.1) is 0 Å². The summed E-state index contributed by atoms with van der Waals surface area (Å²) in [4.78, 5) is 11.1. The molecule has 6 heteroatoms. The van der Waals surface area contributed by atoms with Crippen LogP contribution in [-0.2, 0) is 17.2 Å². The lowest BCUT2D eigenvalue weighted by molar-refractivity contribution is 0.671. The minimum Gasteiger partial charge on any atom is -0.354 e. The van der Waals surface area contributed by atoms with Gasteiger partial charge in [-0.15, -0.1) is 0 Å². The second-order valence-corrected chi connectivity index (χ2v) is 6.52. The zero-order valence-corrected chi connectivity index (χ0v) is 12.4. The molecule has 1 aliphatic rings. The number of hydrogen-bond acceptors (Lipinski definition) is 4. The van der Waals surface area contributed by atoms with Crippen molar-refractivity contribution in [2.45, 2.75) is 26.7 Å². The van der Waals surface area contributed by atoms with Crippen LogP contribution in [0.3, 0.4) is 0 Å². The molecular formula is C12H18ClN3OS. The predicted octanol–water partition coefficient (Wildman–Crippen LogP) is 1.96. The van der Waals surface area contributed by atoms with Gasteiger partial charge in [-0.2, -0.15) is 0 Å². The first-order valence-electron chi connectivity index (χ1n) is 6.24. The minimum absolute atomic E-state index is 0.537.